The fourth-order valence-electron chi connectivity index (χ4n) is 4.16. The number of fused-ring (bicyclic) bond motifs is 2. The molecule has 4 rings (SSSR count). The Hall–Kier alpha value is -1.55. The number of benzene rings is 1. The van der Waals surface area contributed by atoms with E-state index in [9.17, 15) is 0 Å². The van der Waals surface area contributed by atoms with Gasteiger partial charge in [0.1, 0.15) is 11.6 Å². The summed E-state index contributed by atoms with van der Waals surface area (Å²) >= 11 is 0. The average Bonchev–Trinajstić information content (AvgIpc) is 3.08. The molecule has 3 unspecified atom stereocenters. The van der Waals surface area contributed by atoms with Crippen molar-refractivity contribution in [2.75, 3.05) is 7.11 Å². The average molecular weight is 285 g/mol. The minimum atomic E-state index is 0.404. The standard InChI is InChI=1S/C17H23N3O/c1-20-16-8-7-12(21-2)10-14(16)19-17(20)15-9-11-5-3-4-6-13(11)18-15/h7-8,10-11,13,15,18H,3-6,9H2,1-2H3. The molecule has 2 fully saturated rings. The molecule has 4 nitrogen and oxygen atoms in total. The minimum absolute atomic E-state index is 0.404. The van der Waals surface area contributed by atoms with Crippen molar-refractivity contribution in [2.24, 2.45) is 13.0 Å². The van der Waals surface area contributed by atoms with Gasteiger partial charge in [0, 0.05) is 19.2 Å². The smallest absolute Gasteiger partial charge is 0.126 e. The van der Waals surface area contributed by atoms with Crippen molar-refractivity contribution in [3.63, 3.8) is 0 Å². The maximum atomic E-state index is 5.31. The van der Waals surface area contributed by atoms with E-state index in [1.165, 1.54) is 43.4 Å². The van der Waals surface area contributed by atoms with Gasteiger partial charge in [-0.3, -0.25) is 0 Å². The second-order valence-electron chi connectivity index (χ2n) is 6.49. The molecule has 1 saturated carbocycles. The van der Waals surface area contributed by atoms with Crippen LogP contribution in [0.5, 0.6) is 5.75 Å². The van der Waals surface area contributed by atoms with Crippen molar-refractivity contribution in [1.82, 2.24) is 14.9 Å². The third kappa shape index (κ3) is 2.13. The molecule has 1 aliphatic heterocycles. The third-order valence-corrected chi connectivity index (χ3v) is 5.30. The maximum absolute atomic E-state index is 5.31. The van der Waals surface area contributed by atoms with E-state index in [1.54, 1.807) is 7.11 Å². The topological polar surface area (TPSA) is 39.1 Å². The van der Waals surface area contributed by atoms with E-state index in [4.69, 9.17) is 9.72 Å². The number of methoxy groups -OCH3 is 1. The van der Waals surface area contributed by atoms with E-state index in [2.05, 4.69) is 23.0 Å². The lowest BCUT2D eigenvalue weighted by Gasteiger charge is -2.24. The van der Waals surface area contributed by atoms with Gasteiger partial charge in [-0.15, -0.1) is 0 Å². The highest BCUT2D eigenvalue weighted by atomic mass is 16.5. The van der Waals surface area contributed by atoms with Gasteiger partial charge in [-0.05, 0) is 37.3 Å². The van der Waals surface area contributed by atoms with Gasteiger partial charge >= 0.3 is 0 Å². The van der Waals surface area contributed by atoms with Crippen molar-refractivity contribution in [3.05, 3.63) is 24.0 Å². The number of ether oxygens (including phenoxy) is 1. The molecule has 2 aliphatic rings. The van der Waals surface area contributed by atoms with Crippen LogP contribution in [-0.4, -0.2) is 22.7 Å². The van der Waals surface area contributed by atoms with Crippen molar-refractivity contribution < 1.29 is 4.74 Å². The van der Waals surface area contributed by atoms with Crippen LogP contribution in [0.4, 0.5) is 0 Å². The van der Waals surface area contributed by atoms with Crippen LogP contribution in [0.15, 0.2) is 18.2 Å². The summed E-state index contributed by atoms with van der Waals surface area (Å²) in [7, 11) is 3.83. The van der Waals surface area contributed by atoms with Crippen LogP contribution in [0.1, 0.15) is 44.0 Å². The summed E-state index contributed by atoms with van der Waals surface area (Å²) in [5, 5.41) is 3.82. The van der Waals surface area contributed by atoms with E-state index in [-0.39, 0.29) is 0 Å². The van der Waals surface area contributed by atoms with E-state index in [0.29, 0.717) is 12.1 Å². The summed E-state index contributed by atoms with van der Waals surface area (Å²) in [4.78, 5) is 4.88. The van der Waals surface area contributed by atoms with Gasteiger partial charge in [0.25, 0.3) is 0 Å². The molecule has 2 aromatic rings. The Balaban J connectivity index is 1.68. The largest absolute Gasteiger partial charge is 0.497 e. The normalized spacial score (nSPS) is 28.8. The van der Waals surface area contributed by atoms with E-state index in [1.807, 2.05) is 12.1 Å². The molecule has 0 spiro atoms. The molecular formula is C17H23N3O. The highest BCUT2D eigenvalue weighted by molar-refractivity contribution is 5.77. The van der Waals surface area contributed by atoms with Gasteiger partial charge in [0.15, 0.2) is 0 Å². The summed E-state index contributed by atoms with van der Waals surface area (Å²) < 4.78 is 7.55. The Labute approximate surface area is 125 Å². The van der Waals surface area contributed by atoms with E-state index >= 15 is 0 Å². The van der Waals surface area contributed by atoms with Crippen molar-refractivity contribution in [1.29, 1.82) is 0 Å². The minimum Gasteiger partial charge on any atom is -0.497 e. The number of aromatic nitrogens is 2. The van der Waals surface area contributed by atoms with Gasteiger partial charge in [0.2, 0.25) is 0 Å². The molecule has 1 N–H and O–H groups in total. The van der Waals surface area contributed by atoms with E-state index < -0.39 is 0 Å². The maximum Gasteiger partial charge on any atom is 0.126 e. The quantitative estimate of drug-likeness (QED) is 0.921. The number of nitrogens with one attached hydrogen (secondary N) is 1. The van der Waals surface area contributed by atoms with Crippen LogP contribution in [0.3, 0.4) is 0 Å². The molecule has 0 amide bonds. The molecule has 1 aliphatic carbocycles. The second kappa shape index (κ2) is 5.02. The number of nitrogens with zero attached hydrogens (tertiary/aromatic N) is 2. The zero-order chi connectivity index (χ0) is 14.4. The van der Waals surface area contributed by atoms with Crippen LogP contribution < -0.4 is 10.1 Å². The molecule has 2 heterocycles. The Morgan fingerprint density at radius 3 is 2.95 bits per heavy atom. The molecule has 21 heavy (non-hydrogen) atoms. The Morgan fingerprint density at radius 2 is 2.14 bits per heavy atom. The van der Waals surface area contributed by atoms with E-state index in [0.717, 1.165) is 17.2 Å². The van der Waals surface area contributed by atoms with Crippen molar-refractivity contribution >= 4 is 11.0 Å². The van der Waals surface area contributed by atoms with Crippen LogP contribution in [0, 0.1) is 5.92 Å². The zero-order valence-corrected chi connectivity index (χ0v) is 12.8. The van der Waals surface area contributed by atoms with Gasteiger partial charge in [0.05, 0.1) is 24.2 Å². The molecule has 4 heteroatoms. The first-order valence-corrected chi connectivity index (χ1v) is 8.02. The SMILES string of the molecule is COc1ccc2c(c1)nc(C1CC3CCCCC3N1)n2C. The molecule has 0 radical (unpaired) electrons. The number of rotatable bonds is 2. The number of aryl methyl sites for hydroxylation is 1. The third-order valence-electron chi connectivity index (χ3n) is 5.30. The molecule has 1 aromatic heterocycles. The predicted molar refractivity (Wildman–Crippen MR) is 83.5 cm³/mol. The molecule has 0 bridgehead atoms. The zero-order valence-electron chi connectivity index (χ0n) is 12.8. The summed E-state index contributed by atoms with van der Waals surface area (Å²) in [5.74, 6) is 2.89. The highest BCUT2D eigenvalue weighted by Crippen LogP contribution is 2.39. The first kappa shape index (κ1) is 13.1. The fourth-order valence-corrected chi connectivity index (χ4v) is 4.16. The Bertz CT molecular complexity index is 649. The van der Waals surface area contributed by atoms with Gasteiger partial charge < -0.3 is 14.6 Å². The Kier molecular flexibility index (Phi) is 3.14. The monoisotopic (exact) mass is 285 g/mol. The highest BCUT2D eigenvalue weighted by Gasteiger charge is 2.37. The van der Waals surface area contributed by atoms with Crippen molar-refractivity contribution in [3.8, 4) is 5.75 Å². The van der Waals surface area contributed by atoms with Gasteiger partial charge in [-0.1, -0.05) is 12.8 Å². The fraction of sp³-hybridized carbons (Fsp3) is 0.588. The van der Waals surface area contributed by atoms with Gasteiger partial charge in [-0.2, -0.15) is 0 Å². The summed E-state index contributed by atoms with van der Waals surface area (Å²) in [6.07, 6.45) is 6.72. The molecule has 1 saturated heterocycles. The second-order valence-corrected chi connectivity index (χ2v) is 6.49. The predicted octanol–water partition coefficient (Wildman–Crippen LogP) is 3.18. The molecule has 1 aromatic carbocycles. The lowest BCUT2D eigenvalue weighted by Crippen LogP contribution is -2.31. The molecule has 112 valence electrons. The Morgan fingerprint density at radius 1 is 1.29 bits per heavy atom. The number of imidazole rings is 1. The van der Waals surface area contributed by atoms with Gasteiger partial charge in [-0.25, -0.2) is 4.98 Å². The van der Waals surface area contributed by atoms with Crippen LogP contribution in [-0.2, 0) is 7.05 Å². The number of hydrogen-bond donors (Lipinski definition) is 1. The van der Waals surface area contributed by atoms with Crippen LogP contribution >= 0.6 is 0 Å². The summed E-state index contributed by atoms with van der Waals surface area (Å²) in [6, 6.07) is 7.25. The van der Waals surface area contributed by atoms with Crippen molar-refractivity contribution in [2.45, 2.75) is 44.2 Å². The number of hydrogen-bond acceptors (Lipinski definition) is 3. The molecule has 3 atom stereocenters. The summed E-state index contributed by atoms with van der Waals surface area (Å²) in [6.45, 7) is 0. The van der Waals surface area contributed by atoms with Crippen LogP contribution in [0.2, 0.25) is 0 Å². The van der Waals surface area contributed by atoms with Crippen LogP contribution in [0.25, 0.3) is 11.0 Å². The lowest BCUT2D eigenvalue weighted by molar-refractivity contribution is 0.325. The first-order valence-electron chi connectivity index (χ1n) is 8.02. The lowest BCUT2D eigenvalue weighted by atomic mass is 9.85. The summed E-state index contributed by atoms with van der Waals surface area (Å²) in [5.41, 5.74) is 2.21. The first-order chi connectivity index (χ1) is 10.3. The molecular weight excluding hydrogens is 262 g/mol.